The molecule has 2 rings (SSSR count). The lowest BCUT2D eigenvalue weighted by Gasteiger charge is -2.15. The van der Waals surface area contributed by atoms with Gasteiger partial charge in [-0.1, -0.05) is 17.7 Å². The van der Waals surface area contributed by atoms with Gasteiger partial charge in [0.1, 0.15) is 5.75 Å². The zero-order chi connectivity index (χ0) is 14.0. The number of likely N-dealkylation sites (N-methyl/N-ethyl adjacent to an activating group) is 1. The van der Waals surface area contributed by atoms with Gasteiger partial charge >= 0.3 is 0 Å². The number of hydrogen-bond acceptors (Lipinski definition) is 3. The van der Waals surface area contributed by atoms with Gasteiger partial charge in [-0.15, -0.1) is 0 Å². The van der Waals surface area contributed by atoms with Crippen LogP contribution in [0.4, 0.5) is 0 Å². The van der Waals surface area contributed by atoms with Gasteiger partial charge in [-0.3, -0.25) is 4.79 Å². The fourth-order valence-electron chi connectivity index (χ4n) is 2.19. The quantitative estimate of drug-likeness (QED) is 0.917. The molecule has 2 unspecified atom stereocenters. The van der Waals surface area contributed by atoms with Gasteiger partial charge in [-0.2, -0.15) is 0 Å². The summed E-state index contributed by atoms with van der Waals surface area (Å²) < 4.78 is 5.69. The van der Waals surface area contributed by atoms with Crippen molar-refractivity contribution in [3.05, 3.63) is 28.8 Å². The molecule has 0 aliphatic carbocycles. The molecule has 0 aromatic heterocycles. The van der Waals surface area contributed by atoms with Crippen molar-refractivity contribution in [2.45, 2.75) is 31.9 Å². The van der Waals surface area contributed by atoms with E-state index < -0.39 is 6.10 Å². The van der Waals surface area contributed by atoms with E-state index in [0.29, 0.717) is 17.2 Å². The molecule has 0 saturated carbocycles. The first kappa shape index (κ1) is 14.2. The lowest BCUT2D eigenvalue weighted by Crippen LogP contribution is -2.29. The van der Waals surface area contributed by atoms with Crippen molar-refractivity contribution < 1.29 is 9.53 Å². The summed E-state index contributed by atoms with van der Waals surface area (Å²) in [6, 6.07) is 5.69. The van der Waals surface area contributed by atoms with Crippen molar-refractivity contribution in [2.75, 3.05) is 13.6 Å². The van der Waals surface area contributed by atoms with Crippen molar-refractivity contribution in [1.29, 1.82) is 0 Å². The van der Waals surface area contributed by atoms with Gasteiger partial charge in [0.2, 0.25) is 0 Å². The number of carbonyl (C=O) groups excluding carboxylic acids is 1. The maximum Gasteiger partial charge on any atom is 0.263 e. The molecule has 0 radical (unpaired) electrons. The molecule has 1 fully saturated rings. The minimum Gasteiger partial charge on any atom is -0.479 e. The molecule has 1 aliphatic heterocycles. The third-order valence-electron chi connectivity index (χ3n) is 3.20. The Labute approximate surface area is 118 Å². The molecule has 19 heavy (non-hydrogen) atoms. The lowest BCUT2D eigenvalue weighted by atomic mass is 10.1. The van der Waals surface area contributed by atoms with Crippen LogP contribution in [0.25, 0.3) is 0 Å². The molecule has 2 atom stereocenters. The predicted molar refractivity (Wildman–Crippen MR) is 75.5 cm³/mol. The SMILES string of the molecule is CC(N)Cc1ccc(OC2CCN(C)C2=O)c(Cl)c1. The number of ether oxygens (including phenoxy) is 1. The summed E-state index contributed by atoms with van der Waals surface area (Å²) in [7, 11) is 1.78. The number of hydrogen-bond donors (Lipinski definition) is 1. The molecule has 2 N–H and O–H groups in total. The van der Waals surface area contributed by atoms with Crippen LogP contribution in [0.15, 0.2) is 18.2 Å². The summed E-state index contributed by atoms with van der Waals surface area (Å²) in [6.45, 7) is 2.68. The Balaban J connectivity index is 2.07. The first-order valence-electron chi connectivity index (χ1n) is 6.43. The number of halogens is 1. The molecule has 1 heterocycles. The van der Waals surface area contributed by atoms with Crippen LogP contribution in [0, 0.1) is 0 Å². The Bertz CT molecular complexity index is 477. The van der Waals surface area contributed by atoms with Crippen molar-refractivity contribution in [3.63, 3.8) is 0 Å². The highest BCUT2D eigenvalue weighted by Gasteiger charge is 2.31. The Morgan fingerprint density at radius 2 is 2.32 bits per heavy atom. The summed E-state index contributed by atoms with van der Waals surface area (Å²) >= 11 is 6.18. The van der Waals surface area contributed by atoms with E-state index in [-0.39, 0.29) is 11.9 Å². The Hall–Kier alpha value is -1.26. The second kappa shape index (κ2) is 5.80. The maximum atomic E-state index is 11.8. The van der Waals surface area contributed by atoms with Crippen LogP contribution in [-0.4, -0.2) is 36.5 Å². The van der Waals surface area contributed by atoms with Gasteiger partial charge in [0.05, 0.1) is 5.02 Å². The standard InChI is InChI=1S/C14H19ClN2O2/c1-9(16)7-10-3-4-12(11(15)8-10)19-13-5-6-17(2)14(13)18/h3-4,8-9,13H,5-7,16H2,1-2H3. The van der Waals surface area contributed by atoms with Gasteiger partial charge in [-0.05, 0) is 31.0 Å². The molecule has 0 spiro atoms. The topological polar surface area (TPSA) is 55.6 Å². The zero-order valence-corrected chi connectivity index (χ0v) is 12.0. The van der Waals surface area contributed by atoms with Crippen LogP contribution < -0.4 is 10.5 Å². The van der Waals surface area contributed by atoms with Crippen molar-refractivity contribution >= 4 is 17.5 Å². The molecule has 1 aromatic carbocycles. The zero-order valence-electron chi connectivity index (χ0n) is 11.2. The van der Waals surface area contributed by atoms with Crippen LogP contribution in [0.5, 0.6) is 5.75 Å². The minimum absolute atomic E-state index is 0.00993. The first-order valence-corrected chi connectivity index (χ1v) is 6.81. The first-order chi connectivity index (χ1) is 8.97. The van der Waals surface area contributed by atoms with E-state index in [1.165, 1.54) is 0 Å². The molecular formula is C14H19ClN2O2. The number of carbonyl (C=O) groups is 1. The van der Waals surface area contributed by atoms with E-state index >= 15 is 0 Å². The van der Waals surface area contributed by atoms with E-state index in [4.69, 9.17) is 22.1 Å². The Morgan fingerprint density at radius 1 is 1.58 bits per heavy atom. The number of nitrogens with two attached hydrogens (primary N) is 1. The summed E-state index contributed by atoms with van der Waals surface area (Å²) in [5.74, 6) is 0.569. The lowest BCUT2D eigenvalue weighted by molar-refractivity contribution is -0.132. The molecule has 1 amide bonds. The fraction of sp³-hybridized carbons (Fsp3) is 0.500. The number of nitrogens with zero attached hydrogens (tertiary/aromatic N) is 1. The van der Waals surface area contributed by atoms with Gasteiger partial charge in [0.25, 0.3) is 5.91 Å². The number of amides is 1. The molecule has 104 valence electrons. The molecule has 4 nitrogen and oxygen atoms in total. The average molecular weight is 283 g/mol. The smallest absolute Gasteiger partial charge is 0.263 e. The summed E-state index contributed by atoms with van der Waals surface area (Å²) in [4.78, 5) is 13.4. The molecular weight excluding hydrogens is 264 g/mol. The normalized spacial score (nSPS) is 20.7. The van der Waals surface area contributed by atoms with E-state index in [9.17, 15) is 4.79 Å². The maximum absolute atomic E-state index is 11.8. The summed E-state index contributed by atoms with van der Waals surface area (Å²) in [5.41, 5.74) is 6.83. The van der Waals surface area contributed by atoms with Crippen LogP contribution in [0.2, 0.25) is 5.02 Å². The summed E-state index contributed by atoms with van der Waals surface area (Å²) in [5, 5.41) is 0.528. The van der Waals surface area contributed by atoms with E-state index in [2.05, 4.69) is 0 Å². The summed E-state index contributed by atoms with van der Waals surface area (Å²) in [6.07, 6.45) is 1.06. The average Bonchev–Trinajstić information content (AvgIpc) is 2.64. The van der Waals surface area contributed by atoms with Crippen LogP contribution >= 0.6 is 11.6 Å². The third kappa shape index (κ3) is 3.39. The van der Waals surface area contributed by atoms with Crippen molar-refractivity contribution in [1.82, 2.24) is 4.90 Å². The van der Waals surface area contributed by atoms with Crippen molar-refractivity contribution in [2.24, 2.45) is 5.73 Å². The number of likely N-dealkylation sites (tertiary alicyclic amines) is 1. The molecule has 1 saturated heterocycles. The molecule has 1 aliphatic rings. The number of rotatable bonds is 4. The predicted octanol–water partition coefficient (Wildman–Crippen LogP) is 1.84. The molecule has 1 aromatic rings. The van der Waals surface area contributed by atoms with E-state index in [1.807, 2.05) is 25.1 Å². The fourth-order valence-corrected chi connectivity index (χ4v) is 2.44. The van der Waals surface area contributed by atoms with Gasteiger partial charge < -0.3 is 15.4 Å². The highest BCUT2D eigenvalue weighted by molar-refractivity contribution is 6.32. The van der Waals surface area contributed by atoms with Gasteiger partial charge in [0.15, 0.2) is 6.10 Å². The number of benzene rings is 1. The molecule has 0 bridgehead atoms. The minimum atomic E-state index is -0.415. The second-order valence-electron chi connectivity index (χ2n) is 5.10. The second-order valence-corrected chi connectivity index (χ2v) is 5.51. The highest BCUT2D eigenvalue weighted by atomic mass is 35.5. The Morgan fingerprint density at radius 3 is 2.84 bits per heavy atom. The largest absolute Gasteiger partial charge is 0.479 e. The monoisotopic (exact) mass is 282 g/mol. The van der Waals surface area contributed by atoms with Gasteiger partial charge in [-0.25, -0.2) is 0 Å². The molecule has 5 heteroatoms. The van der Waals surface area contributed by atoms with Crippen molar-refractivity contribution in [3.8, 4) is 5.75 Å². The van der Waals surface area contributed by atoms with E-state index in [0.717, 1.165) is 18.5 Å². The van der Waals surface area contributed by atoms with E-state index in [1.54, 1.807) is 11.9 Å². The van der Waals surface area contributed by atoms with Crippen LogP contribution in [0.1, 0.15) is 18.9 Å². The van der Waals surface area contributed by atoms with Crippen LogP contribution in [0.3, 0.4) is 0 Å². The third-order valence-corrected chi connectivity index (χ3v) is 3.50. The van der Waals surface area contributed by atoms with Gasteiger partial charge in [0, 0.05) is 26.1 Å². The Kier molecular flexibility index (Phi) is 4.32. The highest BCUT2D eigenvalue weighted by Crippen LogP contribution is 2.28. The van der Waals surface area contributed by atoms with Crippen LogP contribution in [-0.2, 0) is 11.2 Å².